The van der Waals surface area contributed by atoms with Gasteiger partial charge in [-0.1, -0.05) is 0 Å². The van der Waals surface area contributed by atoms with Gasteiger partial charge in [0.05, 0.1) is 0 Å². The monoisotopic (exact) mass is 198 g/mol. The van der Waals surface area contributed by atoms with Crippen molar-refractivity contribution in [1.29, 1.82) is 0 Å². The molecular formula is C10H18N2O2. The zero-order valence-electron chi connectivity index (χ0n) is 8.74. The standard InChI is InChI=1S/C10H18N2O2/c1-11-6-8-12(9-7-11)5-3-4-10(13)14-2/h2H,3-9H2,1H3. The largest absolute Gasteiger partial charge is 0.454 e. The first-order valence-corrected chi connectivity index (χ1v) is 5.03. The molecule has 0 aromatic heterocycles. The zero-order valence-corrected chi connectivity index (χ0v) is 8.74. The van der Waals surface area contributed by atoms with Crippen LogP contribution in [-0.4, -0.2) is 55.5 Å². The summed E-state index contributed by atoms with van der Waals surface area (Å²) in [5.41, 5.74) is 0. The second-order valence-electron chi connectivity index (χ2n) is 3.74. The van der Waals surface area contributed by atoms with E-state index in [0.29, 0.717) is 6.42 Å². The Hall–Kier alpha value is -0.610. The van der Waals surface area contributed by atoms with Gasteiger partial charge in [-0.3, -0.25) is 4.79 Å². The molecule has 0 saturated carbocycles. The molecule has 0 bridgehead atoms. The molecular weight excluding hydrogens is 180 g/mol. The Morgan fingerprint density at radius 1 is 1.36 bits per heavy atom. The molecule has 2 radical (unpaired) electrons. The molecule has 1 aliphatic rings. The molecule has 1 saturated heterocycles. The molecule has 1 fully saturated rings. The van der Waals surface area contributed by atoms with Crippen molar-refractivity contribution in [2.45, 2.75) is 12.8 Å². The third kappa shape index (κ3) is 4.07. The van der Waals surface area contributed by atoms with E-state index in [1.807, 2.05) is 0 Å². The lowest BCUT2D eigenvalue weighted by Crippen LogP contribution is -2.44. The van der Waals surface area contributed by atoms with Gasteiger partial charge >= 0.3 is 5.97 Å². The third-order valence-corrected chi connectivity index (χ3v) is 2.58. The summed E-state index contributed by atoms with van der Waals surface area (Å²) in [5, 5.41) is 0. The van der Waals surface area contributed by atoms with Crippen molar-refractivity contribution in [3.63, 3.8) is 0 Å². The van der Waals surface area contributed by atoms with Gasteiger partial charge in [0.25, 0.3) is 0 Å². The number of ether oxygens (including phenoxy) is 1. The van der Waals surface area contributed by atoms with E-state index in [9.17, 15) is 4.79 Å². The van der Waals surface area contributed by atoms with Crippen molar-refractivity contribution in [2.75, 3.05) is 39.8 Å². The minimum absolute atomic E-state index is 0.320. The molecule has 4 heteroatoms. The molecule has 0 unspecified atom stereocenters. The summed E-state index contributed by atoms with van der Waals surface area (Å²) in [6, 6.07) is 0. The second kappa shape index (κ2) is 5.98. The zero-order chi connectivity index (χ0) is 10.4. The van der Waals surface area contributed by atoms with Crippen molar-refractivity contribution in [3.05, 3.63) is 7.11 Å². The van der Waals surface area contributed by atoms with E-state index in [0.717, 1.165) is 39.1 Å². The van der Waals surface area contributed by atoms with Crippen LogP contribution in [0.5, 0.6) is 0 Å². The summed E-state index contributed by atoms with van der Waals surface area (Å²) < 4.78 is 4.09. The fraction of sp³-hybridized carbons (Fsp3) is 0.800. The van der Waals surface area contributed by atoms with Gasteiger partial charge in [-0.15, -0.1) is 0 Å². The number of carbonyl (C=O) groups is 1. The van der Waals surface area contributed by atoms with E-state index in [1.54, 1.807) is 0 Å². The van der Waals surface area contributed by atoms with E-state index >= 15 is 0 Å². The van der Waals surface area contributed by atoms with Crippen molar-refractivity contribution < 1.29 is 9.53 Å². The average molecular weight is 198 g/mol. The number of likely N-dealkylation sites (N-methyl/N-ethyl adjacent to an activating group) is 1. The van der Waals surface area contributed by atoms with Crippen LogP contribution >= 0.6 is 0 Å². The first-order chi connectivity index (χ1) is 6.72. The molecule has 0 amide bonds. The van der Waals surface area contributed by atoms with Crippen LogP contribution in [0.25, 0.3) is 0 Å². The summed E-state index contributed by atoms with van der Waals surface area (Å²) in [7, 11) is 6.87. The third-order valence-electron chi connectivity index (χ3n) is 2.58. The van der Waals surface area contributed by atoms with Crippen LogP contribution in [0.4, 0.5) is 0 Å². The molecule has 0 N–H and O–H groups in total. The van der Waals surface area contributed by atoms with Crippen LogP contribution in [0.15, 0.2) is 0 Å². The van der Waals surface area contributed by atoms with Crippen molar-refractivity contribution in [2.24, 2.45) is 0 Å². The quantitative estimate of drug-likeness (QED) is 0.605. The number of hydrogen-bond acceptors (Lipinski definition) is 4. The number of rotatable bonds is 4. The highest BCUT2D eigenvalue weighted by atomic mass is 16.5. The Morgan fingerprint density at radius 2 is 2.00 bits per heavy atom. The van der Waals surface area contributed by atoms with Crippen molar-refractivity contribution in [3.8, 4) is 0 Å². The van der Waals surface area contributed by atoms with Crippen molar-refractivity contribution >= 4 is 5.97 Å². The van der Waals surface area contributed by atoms with Gasteiger partial charge < -0.3 is 14.5 Å². The fourth-order valence-electron chi connectivity index (χ4n) is 1.58. The summed E-state index contributed by atoms with van der Waals surface area (Å²) in [5.74, 6) is -0.320. The lowest BCUT2D eigenvalue weighted by molar-refractivity contribution is -0.138. The van der Waals surface area contributed by atoms with Crippen LogP contribution in [0.3, 0.4) is 0 Å². The minimum Gasteiger partial charge on any atom is -0.454 e. The van der Waals surface area contributed by atoms with Gasteiger partial charge in [-0.2, -0.15) is 0 Å². The Labute approximate surface area is 85.8 Å². The maximum Gasteiger partial charge on any atom is 0.306 e. The number of esters is 1. The fourth-order valence-corrected chi connectivity index (χ4v) is 1.58. The normalized spacial score (nSPS) is 19.6. The van der Waals surface area contributed by atoms with Gasteiger partial charge in [0.15, 0.2) is 7.11 Å². The number of hydrogen-bond donors (Lipinski definition) is 0. The molecule has 1 heterocycles. The summed E-state index contributed by atoms with van der Waals surface area (Å²) in [4.78, 5) is 15.4. The highest BCUT2D eigenvalue weighted by Gasteiger charge is 2.13. The predicted octanol–water partition coefficient (Wildman–Crippen LogP) is 0.226. The van der Waals surface area contributed by atoms with Gasteiger partial charge in [-0.05, 0) is 20.0 Å². The van der Waals surface area contributed by atoms with E-state index in [2.05, 4.69) is 21.6 Å². The lowest BCUT2D eigenvalue weighted by Gasteiger charge is -2.32. The van der Waals surface area contributed by atoms with E-state index in [4.69, 9.17) is 7.11 Å². The molecule has 0 aromatic carbocycles. The molecule has 1 aliphatic heterocycles. The van der Waals surface area contributed by atoms with Crippen LogP contribution < -0.4 is 0 Å². The van der Waals surface area contributed by atoms with Gasteiger partial charge in [0, 0.05) is 32.6 Å². The highest BCUT2D eigenvalue weighted by Crippen LogP contribution is 2.02. The maximum atomic E-state index is 10.7. The second-order valence-corrected chi connectivity index (χ2v) is 3.74. The van der Waals surface area contributed by atoms with Crippen LogP contribution in [0.1, 0.15) is 12.8 Å². The predicted molar refractivity (Wildman–Crippen MR) is 53.6 cm³/mol. The number of carbonyl (C=O) groups excluding carboxylic acids is 1. The molecule has 4 nitrogen and oxygen atoms in total. The Balaban J connectivity index is 2.04. The van der Waals surface area contributed by atoms with Gasteiger partial charge in [0.1, 0.15) is 0 Å². The molecule has 0 aliphatic carbocycles. The minimum atomic E-state index is -0.320. The number of piperazine rings is 1. The molecule has 0 spiro atoms. The smallest absolute Gasteiger partial charge is 0.306 e. The molecule has 14 heavy (non-hydrogen) atoms. The van der Waals surface area contributed by atoms with Crippen LogP contribution in [-0.2, 0) is 9.53 Å². The van der Waals surface area contributed by atoms with Crippen LogP contribution in [0, 0.1) is 7.11 Å². The molecule has 0 atom stereocenters. The summed E-state index contributed by atoms with van der Waals surface area (Å²) >= 11 is 0. The number of nitrogens with zero attached hydrogens (tertiary/aromatic N) is 2. The SMILES string of the molecule is [CH]OC(=O)CCCN1CCN(C)CC1. The Bertz CT molecular complexity index is 177. The van der Waals surface area contributed by atoms with Crippen LogP contribution in [0.2, 0.25) is 0 Å². The molecule has 80 valence electrons. The molecule has 0 aromatic rings. The first kappa shape index (κ1) is 11.5. The van der Waals surface area contributed by atoms with E-state index in [1.165, 1.54) is 0 Å². The van der Waals surface area contributed by atoms with E-state index < -0.39 is 0 Å². The Morgan fingerprint density at radius 3 is 2.57 bits per heavy atom. The van der Waals surface area contributed by atoms with Gasteiger partial charge in [-0.25, -0.2) is 0 Å². The summed E-state index contributed by atoms with van der Waals surface area (Å²) in [6.45, 7) is 5.37. The first-order valence-electron chi connectivity index (χ1n) is 5.03. The Kier molecular flexibility index (Phi) is 4.90. The lowest BCUT2D eigenvalue weighted by atomic mass is 10.2. The van der Waals surface area contributed by atoms with Crippen molar-refractivity contribution in [1.82, 2.24) is 9.80 Å². The van der Waals surface area contributed by atoms with Gasteiger partial charge in [0.2, 0.25) is 0 Å². The maximum absolute atomic E-state index is 10.7. The topological polar surface area (TPSA) is 32.8 Å². The highest BCUT2D eigenvalue weighted by molar-refractivity contribution is 5.69. The molecule has 1 rings (SSSR count). The van der Waals surface area contributed by atoms with E-state index in [-0.39, 0.29) is 5.97 Å². The summed E-state index contributed by atoms with van der Waals surface area (Å²) in [6.07, 6.45) is 1.25. The average Bonchev–Trinajstić information content (AvgIpc) is 2.21.